The summed E-state index contributed by atoms with van der Waals surface area (Å²) in [5.74, 6) is -0.250. The van der Waals surface area contributed by atoms with Crippen LogP contribution in [0.1, 0.15) is 19.3 Å². The number of rotatable bonds is 3. The van der Waals surface area contributed by atoms with Crippen molar-refractivity contribution in [3.05, 3.63) is 29.6 Å². The summed E-state index contributed by atoms with van der Waals surface area (Å²) in [6, 6.07) is 7.12. The molecule has 2 aromatic rings. The van der Waals surface area contributed by atoms with E-state index < -0.39 is 16.1 Å². The molecule has 3 rings (SSSR count). The van der Waals surface area contributed by atoms with Crippen LogP contribution in [0.2, 0.25) is 0 Å². The number of nitrogens with one attached hydrogen (secondary N) is 1. The lowest BCUT2D eigenvalue weighted by atomic mass is 10.0. The number of thiophene rings is 1. The second kappa shape index (κ2) is 5.98. The minimum absolute atomic E-state index is 0.250. The van der Waals surface area contributed by atoms with Crippen LogP contribution >= 0.6 is 11.3 Å². The molecule has 0 spiro atoms. The topological polar surface area (TPSA) is 66.5 Å². The Labute approximate surface area is 134 Å². The van der Waals surface area contributed by atoms with E-state index in [1.165, 1.54) is 4.31 Å². The van der Waals surface area contributed by atoms with Gasteiger partial charge in [0.05, 0.1) is 6.26 Å². The summed E-state index contributed by atoms with van der Waals surface area (Å²) in [5, 5.41) is 5.93. The molecule has 1 aliphatic rings. The highest BCUT2D eigenvalue weighted by Crippen LogP contribution is 2.25. The van der Waals surface area contributed by atoms with Gasteiger partial charge in [-0.1, -0.05) is 6.42 Å². The molecule has 0 bridgehead atoms. The first-order chi connectivity index (χ1) is 10.4. The van der Waals surface area contributed by atoms with Gasteiger partial charge in [-0.3, -0.25) is 4.79 Å². The summed E-state index contributed by atoms with van der Waals surface area (Å²) < 4.78 is 26.2. The Morgan fingerprint density at radius 2 is 2.14 bits per heavy atom. The van der Waals surface area contributed by atoms with Gasteiger partial charge in [-0.2, -0.15) is 4.31 Å². The van der Waals surface area contributed by atoms with Crippen LogP contribution in [-0.2, 0) is 14.8 Å². The van der Waals surface area contributed by atoms with Gasteiger partial charge >= 0.3 is 0 Å². The quantitative estimate of drug-likeness (QED) is 0.935. The molecule has 0 saturated carbocycles. The molecule has 1 atom stereocenters. The zero-order valence-electron chi connectivity index (χ0n) is 12.3. The number of sulfonamides is 1. The van der Waals surface area contributed by atoms with E-state index >= 15 is 0 Å². The van der Waals surface area contributed by atoms with Crippen molar-refractivity contribution in [3.63, 3.8) is 0 Å². The maximum atomic E-state index is 12.5. The van der Waals surface area contributed by atoms with Crippen molar-refractivity contribution in [2.75, 3.05) is 18.1 Å². The number of nitrogens with zero attached hydrogens (tertiary/aromatic N) is 1. The van der Waals surface area contributed by atoms with Crippen molar-refractivity contribution in [1.82, 2.24) is 4.31 Å². The molecular weight excluding hydrogens is 320 g/mol. The van der Waals surface area contributed by atoms with Crippen molar-refractivity contribution < 1.29 is 13.2 Å². The monoisotopic (exact) mass is 338 g/mol. The highest BCUT2D eigenvalue weighted by atomic mass is 32.2. The van der Waals surface area contributed by atoms with Gasteiger partial charge < -0.3 is 5.32 Å². The average Bonchev–Trinajstić information content (AvgIpc) is 2.94. The fraction of sp³-hybridized carbons (Fsp3) is 0.400. The summed E-state index contributed by atoms with van der Waals surface area (Å²) in [4.78, 5) is 12.5. The molecule has 1 N–H and O–H groups in total. The molecule has 1 fully saturated rings. The number of carbonyl (C=O) groups is 1. The van der Waals surface area contributed by atoms with Crippen LogP contribution in [-0.4, -0.2) is 37.5 Å². The third-order valence-corrected chi connectivity index (χ3v) is 6.09. The molecule has 0 aliphatic carbocycles. The molecule has 2 heterocycles. The fourth-order valence-corrected chi connectivity index (χ4v) is 4.73. The van der Waals surface area contributed by atoms with Crippen LogP contribution < -0.4 is 5.32 Å². The molecule has 22 heavy (non-hydrogen) atoms. The molecule has 1 saturated heterocycles. The summed E-state index contributed by atoms with van der Waals surface area (Å²) >= 11 is 1.65. The lowest BCUT2D eigenvalue weighted by Crippen LogP contribution is -2.49. The molecule has 118 valence electrons. The zero-order valence-corrected chi connectivity index (χ0v) is 13.9. The van der Waals surface area contributed by atoms with E-state index in [9.17, 15) is 13.2 Å². The average molecular weight is 338 g/mol. The largest absolute Gasteiger partial charge is 0.325 e. The SMILES string of the molecule is CS(=O)(=O)N1CCCCC1C(=O)Nc1ccc2sccc2c1. The Hall–Kier alpha value is -1.44. The molecule has 1 aromatic heterocycles. The maximum absolute atomic E-state index is 12.5. The second-order valence-electron chi connectivity index (χ2n) is 5.55. The minimum Gasteiger partial charge on any atom is -0.325 e. The van der Waals surface area contributed by atoms with Crippen LogP contribution in [0.5, 0.6) is 0 Å². The Bertz CT molecular complexity index is 798. The molecular formula is C15H18N2O3S2. The van der Waals surface area contributed by atoms with Gasteiger partial charge in [-0.05, 0) is 47.9 Å². The van der Waals surface area contributed by atoms with E-state index in [1.807, 2.05) is 29.6 Å². The Morgan fingerprint density at radius 3 is 2.91 bits per heavy atom. The van der Waals surface area contributed by atoms with Crippen molar-refractivity contribution in [1.29, 1.82) is 0 Å². The van der Waals surface area contributed by atoms with Crippen LogP contribution in [0, 0.1) is 0 Å². The van der Waals surface area contributed by atoms with Gasteiger partial charge in [0, 0.05) is 16.9 Å². The molecule has 1 aliphatic heterocycles. The number of hydrogen-bond acceptors (Lipinski definition) is 4. The van der Waals surface area contributed by atoms with Crippen molar-refractivity contribution in [3.8, 4) is 0 Å². The normalized spacial score (nSPS) is 20.1. The first-order valence-corrected chi connectivity index (χ1v) is 9.93. The lowest BCUT2D eigenvalue weighted by molar-refractivity contribution is -0.120. The highest BCUT2D eigenvalue weighted by molar-refractivity contribution is 7.88. The Morgan fingerprint density at radius 1 is 1.32 bits per heavy atom. The standard InChI is InChI=1S/C15H18N2O3S2/c1-22(19,20)17-8-3-2-4-13(17)15(18)16-12-5-6-14-11(10-12)7-9-21-14/h5-7,9-10,13H,2-4,8H2,1H3,(H,16,18). The molecule has 1 aromatic carbocycles. The van der Waals surface area contributed by atoms with Crippen LogP contribution in [0.3, 0.4) is 0 Å². The number of amides is 1. The zero-order chi connectivity index (χ0) is 15.7. The maximum Gasteiger partial charge on any atom is 0.242 e. The molecule has 1 amide bonds. The van der Waals surface area contributed by atoms with Crippen molar-refractivity contribution in [2.45, 2.75) is 25.3 Å². The summed E-state index contributed by atoms with van der Waals surface area (Å²) in [5.41, 5.74) is 0.704. The predicted molar refractivity (Wildman–Crippen MR) is 89.6 cm³/mol. The summed E-state index contributed by atoms with van der Waals surface area (Å²) in [7, 11) is -3.36. The van der Waals surface area contributed by atoms with Gasteiger partial charge in [0.1, 0.15) is 6.04 Å². The van der Waals surface area contributed by atoms with Crippen LogP contribution in [0.15, 0.2) is 29.6 Å². The number of hydrogen-bond donors (Lipinski definition) is 1. The van der Waals surface area contributed by atoms with Gasteiger partial charge in [0.25, 0.3) is 0 Å². The van der Waals surface area contributed by atoms with Gasteiger partial charge in [0.2, 0.25) is 15.9 Å². The predicted octanol–water partition coefficient (Wildman–Crippen LogP) is 2.65. The first-order valence-electron chi connectivity index (χ1n) is 7.20. The fourth-order valence-electron chi connectivity index (χ4n) is 2.83. The Kier molecular flexibility index (Phi) is 4.20. The first kappa shape index (κ1) is 15.5. The van der Waals surface area contributed by atoms with Gasteiger partial charge in [-0.25, -0.2) is 8.42 Å². The van der Waals surface area contributed by atoms with Gasteiger partial charge in [0.15, 0.2) is 0 Å². The van der Waals surface area contributed by atoms with E-state index in [-0.39, 0.29) is 5.91 Å². The molecule has 1 unspecified atom stereocenters. The second-order valence-corrected chi connectivity index (χ2v) is 8.43. The summed E-state index contributed by atoms with van der Waals surface area (Å²) in [6.45, 7) is 0.417. The molecule has 5 nitrogen and oxygen atoms in total. The Balaban J connectivity index is 1.80. The van der Waals surface area contributed by atoms with Crippen molar-refractivity contribution in [2.24, 2.45) is 0 Å². The van der Waals surface area contributed by atoms with Crippen LogP contribution in [0.25, 0.3) is 10.1 Å². The number of benzene rings is 1. The number of fused-ring (bicyclic) bond motifs is 1. The third kappa shape index (κ3) is 3.16. The van der Waals surface area contributed by atoms with Crippen LogP contribution in [0.4, 0.5) is 5.69 Å². The van der Waals surface area contributed by atoms with E-state index in [0.29, 0.717) is 18.7 Å². The third-order valence-electron chi connectivity index (χ3n) is 3.90. The minimum atomic E-state index is -3.36. The van der Waals surface area contributed by atoms with Gasteiger partial charge in [-0.15, -0.1) is 11.3 Å². The highest BCUT2D eigenvalue weighted by Gasteiger charge is 2.34. The summed E-state index contributed by atoms with van der Waals surface area (Å²) in [6.07, 6.45) is 3.40. The number of carbonyl (C=O) groups excluding carboxylic acids is 1. The smallest absolute Gasteiger partial charge is 0.242 e. The van der Waals surface area contributed by atoms with E-state index in [1.54, 1.807) is 11.3 Å². The number of piperidine rings is 1. The number of anilines is 1. The molecule has 0 radical (unpaired) electrons. The van der Waals surface area contributed by atoms with E-state index in [2.05, 4.69) is 5.32 Å². The van der Waals surface area contributed by atoms with E-state index in [0.717, 1.165) is 29.2 Å². The van der Waals surface area contributed by atoms with E-state index in [4.69, 9.17) is 0 Å². The molecule has 7 heteroatoms. The van der Waals surface area contributed by atoms with Crippen molar-refractivity contribution >= 4 is 43.0 Å². The lowest BCUT2D eigenvalue weighted by Gasteiger charge is -2.32.